The van der Waals surface area contributed by atoms with Crippen molar-refractivity contribution in [3.8, 4) is 5.75 Å². The normalized spacial score (nSPS) is 21.2. The molecule has 0 aliphatic heterocycles. The van der Waals surface area contributed by atoms with Crippen molar-refractivity contribution < 1.29 is 14.6 Å². The van der Waals surface area contributed by atoms with Crippen LogP contribution in [-0.2, 0) is 11.2 Å². The summed E-state index contributed by atoms with van der Waals surface area (Å²) in [6.07, 6.45) is 2.51. The second kappa shape index (κ2) is 4.63. The number of fused-ring (bicyclic) bond motifs is 1. The van der Waals surface area contributed by atoms with Crippen LogP contribution in [0.1, 0.15) is 43.7 Å². The van der Waals surface area contributed by atoms with E-state index in [9.17, 15) is 9.90 Å². The van der Waals surface area contributed by atoms with Gasteiger partial charge in [0.2, 0.25) is 0 Å². The van der Waals surface area contributed by atoms with E-state index < -0.39 is 11.4 Å². The van der Waals surface area contributed by atoms with Crippen LogP contribution >= 0.6 is 0 Å². The quantitative estimate of drug-likeness (QED) is 0.889. The monoisotopic (exact) mass is 248 g/mol. The minimum atomic E-state index is -0.696. The van der Waals surface area contributed by atoms with Gasteiger partial charge >= 0.3 is 5.97 Å². The Morgan fingerprint density at radius 2 is 2.28 bits per heavy atom. The first-order valence-electron chi connectivity index (χ1n) is 6.43. The lowest BCUT2D eigenvalue weighted by Crippen LogP contribution is -2.32. The molecular weight excluding hydrogens is 228 g/mol. The summed E-state index contributed by atoms with van der Waals surface area (Å²) in [6, 6.07) is 5.99. The number of carbonyl (C=O) groups is 1. The van der Waals surface area contributed by atoms with Gasteiger partial charge < -0.3 is 9.84 Å². The third kappa shape index (κ3) is 1.88. The molecule has 2 unspecified atom stereocenters. The zero-order valence-corrected chi connectivity index (χ0v) is 11.2. The molecule has 3 nitrogen and oxygen atoms in total. The molecule has 0 saturated heterocycles. The van der Waals surface area contributed by atoms with Crippen LogP contribution in [0.4, 0.5) is 0 Å². The maximum absolute atomic E-state index is 11.5. The van der Waals surface area contributed by atoms with E-state index in [4.69, 9.17) is 4.74 Å². The summed E-state index contributed by atoms with van der Waals surface area (Å²) in [5.74, 6) is 0.266. The van der Waals surface area contributed by atoms with Crippen molar-refractivity contribution in [1.82, 2.24) is 0 Å². The van der Waals surface area contributed by atoms with Gasteiger partial charge in [0.1, 0.15) is 5.75 Å². The number of carboxylic acids is 1. The van der Waals surface area contributed by atoms with Crippen LogP contribution in [0.15, 0.2) is 18.2 Å². The maximum Gasteiger partial charge on any atom is 0.309 e. The largest absolute Gasteiger partial charge is 0.497 e. The Labute approximate surface area is 108 Å². The van der Waals surface area contributed by atoms with Crippen molar-refractivity contribution in [2.24, 2.45) is 5.41 Å². The molecule has 0 amide bonds. The first-order valence-corrected chi connectivity index (χ1v) is 6.43. The molecule has 0 heterocycles. The Morgan fingerprint density at radius 1 is 1.56 bits per heavy atom. The first kappa shape index (κ1) is 12.9. The maximum atomic E-state index is 11.5. The average molecular weight is 248 g/mol. The molecule has 18 heavy (non-hydrogen) atoms. The number of hydrogen-bond acceptors (Lipinski definition) is 2. The number of rotatable bonds is 4. The van der Waals surface area contributed by atoms with Crippen molar-refractivity contribution in [3.63, 3.8) is 0 Å². The highest BCUT2D eigenvalue weighted by Gasteiger charge is 2.43. The fourth-order valence-corrected chi connectivity index (χ4v) is 2.93. The summed E-state index contributed by atoms with van der Waals surface area (Å²) in [4.78, 5) is 11.5. The minimum absolute atomic E-state index is 0.112. The molecule has 3 heteroatoms. The number of aryl methyl sites for hydroxylation is 1. The Balaban J connectivity index is 2.40. The number of benzene rings is 1. The molecule has 0 bridgehead atoms. The highest BCUT2D eigenvalue weighted by atomic mass is 16.5. The van der Waals surface area contributed by atoms with Crippen molar-refractivity contribution in [2.75, 3.05) is 7.11 Å². The van der Waals surface area contributed by atoms with E-state index in [1.807, 2.05) is 32.0 Å². The topological polar surface area (TPSA) is 46.5 Å². The highest BCUT2D eigenvalue weighted by Crippen LogP contribution is 2.47. The van der Waals surface area contributed by atoms with Crippen molar-refractivity contribution in [3.05, 3.63) is 29.3 Å². The van der Waals surface area contributed by atoms with Crippen LogP contribution in [-0.4, -0.2) is 18.2 Å². The summed E-state index contributed by atoms with van der Waals surface area (Å²) in [6.45, 7) is 3.81. The molecular formula is C15H20O3. The van der Waals surface area contributed by atoms with Crippen LogP contribution in [0, 0.1) is 5.41 Å². The minimum Gasteiger partial charge on any atom is -0.497 e. The lowest BCUT2D eigenvalue weighted by Gasteiger charge is -2.30. The van der Waals surface area contributed by atoms with E-state index in [0.29, 0.717) is 6.42 Å². The molecule has 1 aromatic rings. The Kier molecular flexibility index (Phi) is 3.33. The molecule has 2 atom stereocenters. The summed E-state index contributed by atoms with van der Waals surface area (Å²) in [5, 5.41) is 9.49. The Hall–Kier alpha value is -1.51. The van der Waals surface area contributed by atoms with E-state index in [-0.39, 0.29) is 5.92 Å². The zero-order chi connectivity index (χ0) is 13.3. The first-order chi connectivity index (χ1) is 8.52. The van der Waals surface area contributed by atoms with Gasteiger partial charge in [-0.05, 0) is 49.4 Å². The van der Waals surface area contributed by atoms with Gasteiger partial charge in [-0.1, -0.05) is 13.0 Å². The van der Waals surface area contributed by atoms with E-state index in [2.05, 4.69) is 0 Å². The number of methoxy groups -OCH3 is 1. The van der Waals surface area contributed by atoms with E-state index >= 15 is 0 Å². The molecule has 0 radical (unpaired) electrons. The van der Waals surface area contributed by atoms with Gasteiger partial charge in [0.25, 0.3) is 0 Å². The summed E-state index contributed by atoms with van der Waals surface area (Å²) < 4.78 is 5.22. The molecule has 0 fully saturated rings. The number of ether oxygens (including phenoxy) is 1. The van der Waals surface area contributed by atoms with Gasteiger partial charge in [-0.25, -0.2) is 0 Å². The van der Waals surface area contributed by atoms with Gasteiger partial charge in [-0.3, -0.25) is 4.79 Å². The lowest BCUT2D eigenvalue weighted by molar-refractivity contribution is -0.149. The van der Waals surface area contributed by atoms with Crippen molar-refractivity contribution in [1.29, 1.82) is 0 Å². The molecule has 0 spiro atoms. The van der Waals surface area contributed by atoms with Crippen molar-refractivity contribution in [2.45, 2.75) is 39.0 Å². The van der Waals surface area contributed by atoms with Gasteiger partial charge in [0, 0.05) is 5.92 Å². The van der Waals surface area contributed by atoms with Crippen LogP contribution in [0.3, 0.4) is 0 Å². The van der Waals surface area contributed by atoms with Crippen molar-refractivity contribution >= 4 is 5.97 Å². The van der Waals surface area contributed by atoms with Gasteiger partial charge in [0.05, 0.1) is 12.5 Å². The summed E-state index contributed by atoms with van der Waals surface area (Å²) in [7, 11) is 1.65. The molecule has 1 aliphatic carbocycles. The Morgan fingerprint density at radius 3 is 2.83 bits per heavy atom. The lowest BCUT2D eigenvalue weighted by atomic mass is 9.72. The molecule has 1 aliphatic rings. The number of hydrogen-bond donors (Lipinski definition) is 1. The second-order valence-corrected chi connectivity index (χ2v) is 5.23. The predicted octanol–water partition coefficient (Wildman–Crippen LogP) is 3.23. The molecule has 98 valence electrons. The van der Waals surface area contributed by atoms with Crippen LogP contribution < -0.4 is 4.74 Å². The summed E-state index contributed by atoms with van der Waals surface area (Å²) in [5.41, 5.74) is 1.75. The fraction of sp³-hybridized carbons (Fsp3) is 0.533. The van der Waals surface area contributed by atoms with Gasteiger partial charge in [0.15, 0.2) is 0 Å². The fourth-order valence-electron chi connectivity index (χ4n) is 2.93. The second-order valence-electron chi connectivity index (χ2n) is 5.23. The predicted molar refractivity (Wildman–Crippen MR) is 70.1 cm³/mol. The molecule has 0 saturated carbocycles. The van der Waals surface area contributed by atoms with Crippen LogP contribution in [0.2, 0.25) is 0 Å². The summed E-state index contributed by atoms with van der Waals surface area (Å²) >= 11 is 0. The van der Waals surface area contributed by atoms with Crippen LogP contribution in [0.5, 0.6) is 5.75 Å². The zero-order valence-electron chi connectivity index (χ0n) is 11.2. The highest BCUT2D eigenvalue weighted by molar-refractivity contribution is 5.76. The number of carboxylic acid groups (broad SMARTS) is 1. The molecule has 1 aromatic carbocycles. The molecule has 1 N–H and O–H groups in total. The van der Waals surface area contributed by atoms with E-state index in [1.165, 1.54) is 11.1 Å². The SMILES string of the molecule is CCC(C)(C(=O)O)C1CCc2cc(OC)ccc21. The van der Waals surface area contributed by atoms with E-state index in [0.717, 1.165) is 18.6 Å². The van der Waals surface area contributed by atoms with Gasteiger partial charge in [-0.2, -0.15) is 0 Å². The smallest absolute Gasteiger partial charge is 0.309 e. The molecule has 0 aromatic heterocycles. The van der Waals surface area contributed by atoms with Gasteiger partial charge in [-0.15, -0.1) is 0 Å². The third-order valence-electron chi connectivity index (χ3n) is 4.42. The average Bonchev–Trinajstić information content (AvgIpc) is 2.80. The third-order valence-corrected chi connectivity index (χ3v) is 4.42. The standard InChI is InChI=1S/C15H20O3/c1-4-15(2,14(16)17)13-8-5-10-9-11(18-3)6-7-12(10)13/h6-7,9,13H,4-5,8H2,1-3H3,(H,16,17). The number of aliphatic carboxylic acids is 1. The van der Waals surface area contributed by atoms with Crippen LogP contribution in [0.25, 0.3) is 0 Å². The van der Waals surface area contributed by atoms with E-state index in [1.54, 1.807) is 7.11 Å². The molecule has 2 rings (SSSR count). The Bertz CT molecular complexity index is 467.